The Labute approximate surface area is 117 Å². The van der Waals surface area contributed by atoms with Gasteiger partial charge in [0.05, 0.1) is 6.10 Å². The minimum absolute atomic E-state index is 0.482. The Hall–Kier alpha value is -0.100. The van der Waals surface area contributed by atoms with Crippen molar-refractivity contribution in [2.45, 2.75) is 12.5 Å². The number of aliphatic hydroxyl groups is 1. The molecular formula is C12H10ClIOS. The van der Waals surface area contributed by atoms with Crippen molar-refractivity contribution in [3.63, 3.8) is 0 Å². The molecule has 1 heterocycles. The largest absolute Gasteiger partial charge is 0.388 e. The normalized spacial score (nSPS) is 12.7. The standard InChI is InChI=1S/C12H10ClIOS/c13-8-3-4-11(14)10(6-8)12(15)7-9-2-1-5-16-9/h1-6,12,15H,7H2. The molecule has 84 valence electrons. The number of hydrogen-bond acceptors (Lipinski definition) is 2. The van der Waals surface area contributed by atoms with Crippen LogP contribution in [-0.2, 0) is 6.42 Å². The van der Waals surface area contributed by atoms with Crippen molar-refractivity contribution in [1.29, 1.82) is 0 Å². The number of benzene rings is 1. The average molecular weight is 365 g/mol. The van der Waals surface area contributed by atoms with Gasteiger partial charge in [-0.25, -0.2) is 0 Å². The summed E-state index contributed by atoms with van der Waals surface area (Å²) in [6.07, 6.45) is 0.165. The molecule has 1 N–H and O–H groups in total. The van der Waals surface area contributed by atoms with Gasteiger partial charge < -0.3 is 5.11 Å². The zero-order valence-corrected chi connectivity index (χ0v) is 12.1. The SMILES string of the molecule is OC(Cc1cccs1)c1cc(Cl)ccc1I. The van der Waals surface area contributed by atoms with Crippen LogP contribution in [0.25, 0.3) is 0 Å². The van der Waals surface area contributed by atoms with Crippen molar-refractivity contribution in [3.8, 4) is 0 Å². The maximum atomic E-state index is 10.1. The zero-order chi connectivity index (χ0) is 11.5. The van der Waals surface area contributed by atoms with Gasteiger partial charge in [0.15, 0.2) is 0 Å². The van der Waals surface area contributed by atoms with Gasteiger partial charge in [0.2, 0.25) is 0 Å². The highest BCUT2D eigenvalue weighted by Crippen LogP contribution is 2.27. The Morgan fingerprint density at radius 3 is 2.88 bits per heavy atom. The van der Waals surface area contributed by atoms with Gasteiger partial charge in [0.25, 0.3) is 0 Å². The van der Waals surface area contributed by atoms with Crippen LogP contribution in [0.4, 0.5) is 0 Å². The monoisotopic (exact) mass is 364 g/mol. The van der Waals surface area contributed by atoms with E-state index in [4.69, 9.17) is 11.6 Å². The maximum Gasteiger partial charge on any atom is 0.0848 e. The predicted octanol–water partition coefficient (Wildman–Crippen LogP) is 4.28. The van der Waals surface area contributed by atoms with Crippen LogP contribution in [0.1, 0.15) is 16.5 Å². The molecule has 0 spiro atoms. The lowest BCUT2D eigenvalue weighted by atomic mass is 10.1. The number of aliphatic hydroxyl groups excluding tert-OH is 1. The second kappa shape index (κ2) is 5.49. The molecule has 0 fully saturated rings. The highest BCUT2D eigenvalue weighted by molar-refractivity contribution is 14.1. The Bertz CT molecular complexity index is 470. The first kappa shape index (κ1) is 12.4. The average Bonchev–Trinajstić information content (AvgIpc) is 2.74. The summed E-state index contributed by atoms with van der Waals surface area (Å²) in [7, 11) is 0. The van der Waals surface area contributed by atoms with Gasteiger partial charge in [0, 0.05) is 19.9 Å². The third-order valence-corrected chi connectivity index (χ3v) is 4.41. The number of hydrogen-bond donors (Lipinski definition) is 1. The third-order valence-electron chi connectivity index (χ3n) is 2.29. The van der Waals surface area contributed by atoms with Crippen LogP contribution in [0, 0.1) is 3.57 Å². The zero-order valence-electron chi connectivity index (χ0n) is 8.36. The summed E-state index contributed by atoms with van der Waals surface area (Å²) in [4.78, 5) is 1.18. The molecule has 0 saturated heterocycles. The van der Waals surface area contributed by atoms with Crippen LogP contribution < -0.4 is 0 Å². The molecule has 16 heavy (non-hydrogen) atoms. The van der Waals surface area contributed by atoms with Gasteiger partial charge >= 0.3 is 0 Å². The van der Waals surface area contributed by atoms with Crippen molar-refractivity contribution in [2.24, 2.45) is 0 Å². The lowest BCUT2D eigenvalue weighted by Crippen LogP contribution is -2.02. The second-order valence-electron chi connectivity index (χ2n) is 3.47. The van der Waals surface area contributed by atoms with E-state index in [-0.39, 0.29) is 0 Å². The summed E-state index contributed by atoms with van der Waals surface area (Å²) >= 11 is 9.81. The molecule has 0 aliphatic heterocycles. The molecule has 2 aromatic rings. The molecule has 4 heteroatoms. The molecule has 1 nitrogen and oxygen atoms in total. The summed E-state index contributed by atoms with van der Waals surface area (Å²) in [6, 6.07) is 9.63. The topological polar surface area (TPSA) is 20.2 Å². The van der Waals surface area contributed by atoms with Gasteiger partial charge in [-0.3, -0.25) is 0 Å². The van der Waals surface area contributed by atoms with E-state index in [0.29, 0.717) is 11.4 Å². The second-order valence-corrected chi connectivity index (χ2v) is 6.10. The Kier molecular flexibility index (Phi) is 4.24. The van der Waals surface area contributed by atoms with Crippen LogP contribution >= 0.6 is 45.5 Å². The number of thiophene rings is 1. The van der Waals surface area contributed by atoms with E-state index in [1.54, 1.807) is 11.3 Å². The summed E-state index contributed by atoms with van der Waals surface area (Å²) < 4.78 is 1.05. The highest BCUT2D eigenvalue weighted by Gasteiger charge is 2.13. The molecule has 0 aliphatic rings. The minimum atomic E-state index is -0.482. The van der Waals surface area contributed by atoms with Gasteiger partial charge in [0.1, 0.15) is 0 Å². The first-order chi connectivity index (χ1) is 7.66. The van der Waals surface area contributed by atoms with Crippen molar-refractivity contribution in [3.05, 3.63) is 54.7 Å². The predicted molar refractivity (Wildman–Crippen MR) is 77.2 cm³/mol. The summed E-state index contributed by atoms with van der Waals surface area (Å²) in [5.74, 6) is 0. The number of rotatable bonds is 3. The maximum absolute atomic E-state index is 10.1. The number of halogens is 2. The summed E-state index contributed by atoms with van der Waals surface area (Å²) in [5, 5.41) is 12.8. The van der Waals surface area contributed by atoms with Gasteiger partial charge in [-0.05, 0) is 57.8 Å². The lowest BCUT2D eigenvalue weighted by molar-refractivity contribution is 0.178. The van der Waals surface area contributed by atoms with Crippen molar-refractivity contribution in [1.82, 2.24) is 0 Å². The molecule has 1 atom stereocenters. The van der Waals surface area contributed by atoms with E-state index in [1.807, 2.05) is 35.7 Å². The van der Waals surface area contributed by atoms with Gasteiger partial charge in [-0.2, -0.15) is 0 Å². The van der Waals surface area contributed by atoms with Crippen LogP contribution in [-0.4, -0.2) is 5.11 Å². The molecule has 1 aromatic heterocycles. The van der Waals surface area contributed by atoms with E-state index in [2.05, 4.69) is 22.6 Å². The summed E-state index contributed by atoms with van der Waals surface area (Å²) in [5.41, 5.74) is 0.904. The molecule has 0 saturated carbocycles. The fourth-order valence-corrected chi connectivity index (χ4v) is 3.12. The van der Waals surface area contributed by atoms with E-state index in [0.717, 1.165) is 9.13 Å². The molecule has 0 aliphatic carbocycles. The first-order valence-corrected chi connectivity index (χ1v) is 7.16. The molecule has 0 bridgehead atoms. The summed E-state index contributed by atoms with van der Waals surface area (Å²) in [6.45, 7) is 0. The van der Waals surface area contributed by atoms with E-state index in [9.17, 15) is 5.11 Å². The van der Waals surface area contributed by atoms with E-state index >= 15 is 0 Å². The van der Waals surface area contributed by atoms with Crippen LogP contribution in [0.3, 0.4) is 0 Å². The Balaban J connectivity index is 2.20. The minimum Gasteiger partial charge on any atom is -0.388 e. The third kappa shape index (κ3) is 2.97. The first-order valence-electron chi connectivity index (χ1n) is 4.82. The van der Waals surface area contributed by atoms with Crippen LogP contribution in [0.15, 0.2) is 35.7 Å². The Morgan fingerprint density at radius 1 is 1.38 bits per heavy atom. The molecule has 0 amide bonds. The van der Waals surface area contributed by atoms with E-state index < -0.39 is 6.10 Å². The molecule has 2 rings (SSSR count). The van der Waals surface area contributed by atoms with Crippen molar-refractivity contribution >= 4 is 45.5 Å². The lowest BCUT2D eigenvalue weighted by Gasteiger charge is -2.12. The molecular weight excluding hydrogens is 355 g/mol. The van der Waals surface area contributed by atoms with Gasteiger partial charge in [-0.1, -0.05) is 17.7 Å². The smallest absolute Gasteiger partial charge is 0.0848 e. The fraction of sp³-hybridized carbons (Fsp3) is 0.167. The van der Waals surface area contributed by atoms with Crippen molar-refractivity contribution < 1.29 is 5.11 Å². The molecule has 0 radical (unpaired) electrons. The fourth-order valence-electron chi connectivity index (χ4n) is 1.50. The van der Waals surface area contributed by atoms with Gasteiger partial charge in [-0.15, -0.1) is 11.3 Å². The quantitative estimate of drug-likeness (QED) is 0.806. The Morgan fingerprint density at radius 2 is 2.19 bits per heavy atom. The van der Waals surface area contributed by atoms with Crippen molar-refractivity contribution in [2.75, 3.05) is 0 Å². The molecule has 1 unspecified atom stereocenters. The molecule has 1 aromatic carbocycles. The van der Waals surface area contributed by atoms with E-state index in [1.165, 1.54) is 4.88 Å². The van der Waals surface area contributed by atoms with Crippen LogP contribution in [0.2, 0.25) is 5.02 Å². The van der Waals surface area contributed by atoms with Crippen LogP contribution in [0.5, 0.6) is 0 Å². The highest BCUT2D eigenvalue weighted by atomic mass is 127.